The zero-order valence-electron chi connectivity index (χ0n) is 19.0. The predicted octanol–water partition coefficient (Wildman–Crippen LogP) is 5.70. The molecular weight excluding hydrogens is 386 g/mol. The number of hydrogen-bond acceptors (Lipinski definition) is 5. The molecule has 31 heavy (non-hydrogen) atoms. The topological polar surface area (TPSA) is 46.6 Å². The number of rotatable bonds is 8. The van der Waals surface area contributed by atoms with Crippen LogP contribution >= 0.6 is 0 Å². The number of nitrogens with one attached hydrogen (secondary N) is 1. The van der Waals surface area contributed by atoms with Gasteiger partial charge in [0.15, 0.2) is 0 Å². The molecule has 4 rings (SSSR count). The minimum absolute atomic E-state index is 0.146. The second-order valence-corrected chi connectivity index (χ2v) is 8.47. The lowest BCUT2D eigenvalue weighted by Crippen LogP contribution is -2.16. The minimum Gasteiger partial charge on any atom is -0.497 e. The standard InChI is InChI=1S/C26H31N3O2/c1-17(2)31-20-9-11-21-18(15-20)7-10-23-22-12-8-19(30-5)16-24(22)26(28-25(21)23)27-13-6-14-29(3)4/h7-12,15-17H,6,13-14H2,1-5H3,(H,27,28). The Kier molecular flexibility index (Phi) is 6.14. The van der Waals surface area contributed by atoms with Crippen LogP contribution in [0.15, 0.2) is 48.5 Å². The van der Waals surface area contributed by atoms with E-state index < -0.39 is 0 Å². The molecule has 0 bridgehead atoms. The van der Waals surface area contributed by atoms with Gasteiger partial charge in [-0.2, -0.15) is 0 Å². The van der Waals surface area contributed by atoms with Gasteiger partial charge in [-0.15, -0.1) is 0 Å². The second-order valence-electron chi connectivity index (χ2n) is 8.47. The summed E-state index contributed by atoms with van der Waals surface area (Å²) in [5.41, 5.74) is 1.00. The van der Waals surface area contributed by atoms with Crippen LogP contribution in [-0.4, -0.2) is 50.3 Å². The molecule has 4 aromatic rings. The zero-order chi connectivity index (χ0) is 22.0. The van der Waals surface area contributed by atoms with Crippen molar-refractivity contribution in [3.63, 3.8) is 0 Å². The molecule has 5 nitrogen and oxygen atoms in total. The normalized spacial score (nSPS) is 11.7. The molecule has 0 saturated carbocycles. The van der Waals surface area contributed by atoms with Gasteiger partial charge in [0.05, 0.1) is 18.7 Å². The molecule has 0 aliphatic heterocycles. The molecule has 3 aromatic carbocycles. The molecule has 1 heterocycles. The van der Waals surface area contributed by atoms with E-state index in [1.54, 1.807) is 7.11 Å². The van der Waals surface area contributed by atoms with Crippen molar-refractivity contribution in [3.8, 4) is 11.5 Å². The van der Waals surface area contributed by atoms with Gasteiger partial charge in [0.1, 0.15) is 17.3 Å². The maximum Gasteiger partial charge on any atom is 0.134 e. The van der Waals surface area contributed by atoms with E-state index in [1.165, 1.54) is 5.39 Å². The van der Waals surface area contributed by atoms with Crippen LogP contribution in [0, 0.1) is 0 Å². The highest BCUT2D eigenvalue weighted by atomic mass is 16.5. The van der Waals surface area contributed by atoms with E-state index in [9.17, 15) is 0 Å². The van der Waals surface area contributed by atoms with Gasteiger partial charge in [0.2, 0.25) is 0 Å². The first kappa shape index (κ1) is 21.2. The largest absolute Gasteiger partial charge is 0.497 e. The van der Waals surface area contributed by atoms with Crippen molar-refractivity contribution >= 4 is 38.3 Å². The molecule has 0 fully saturated rings. The summed E-state index contributed by atoms with van der Waals surface area (Å²) in [4.78, 5) is 7.29. The van der Waals surface area contributed by atoms with Gasteiger partial charge in [-0.1, -0.05) is 12.1 Å². The summed E-state index contributed by atoms with van der Waals surface area (Å²) in [6.45, 7) is 5.98. The lowest BCUT2D eigenvalue weighted by Gasteiger charge is -2.15. The van der Waals surface area contributed by atoms with Crippen molar-refractivity contribution in [2.45, 2.75) is 26.4 Å². The van der Waals surface area contributed by atoms with Crippen LogP contribution in [0.5, 0.6) is 11.5 Å². The van der Waals surface area contributed by atoms with Crippen molar-refractivity contribution in [3.05, 3.63) is 48.5 Å². The number of anilines is 1. The molecule has 0 saturated heterocycles. The maximum atomic E-state index is 5.89. The Labute approximate surface area is 184 Å². The Balaban J connectivity index is 1.85. The highest BCUT2D eigenvalue weighted by Crippen LogP contribution is 2.36. The Bertz CT molecular complexity index is 1220. The first-order valence-corrected chi connectivity index (χ1v) is 10.9. The van der Waals surface area contributed by atoms with E-state index in [1.807, 2.05) is 26.0 Å². The number of aromatic nitrogens is 1. The number of benzene rings is 3. The third-order valence-corrected chi connectivity index (χ3v) is 5.40. The maximum absolute atomic E-state index is 5.89. The smallest absolute Gasteiger partial charge is 0.134 e. The Morgan fingerprint density at radius 1 is 0.903 bits per heavy atom. The van der Waals surface area contributed by atoms with Gasteiger partial charge in [0.25, 0.3) is 0 Å². The second kappa shape index (κ2) is 8.98. The third kappa shape index (κ3) is 4.52. The molecule has 0 aliphatic rings. The minimum atomic E-state index is 0.146. The molecule has 0 spiro atoms. The summed E-state index contributed by atoms with van der Waals surface area (Å²) >= 11 is 0. The van der Waals surface area contributed by atoms with Crippen molar-refractivity contribution in [2.75, 3.05) is 39.6 Å². The predicted molar refractivity (Wildman–Crippen MR) is 131 cm³/mol. The molecule has 0 amide bonds. The van der Waals surface area contributed by atoms with E-state index in [0.717, 1.165) is 63.9 Å². The van der Waals surface area contributed by atoms with Crippen LogP contribution in [0.1, 0.15) is 20.3 Å². The van der Waals surface area contributed by atoms with E-state index in [-0.39, 0.29) is 6.10 Å². The lowest BCUT2D eigenvalue weighted by molar-refractivity contribution is 0.243. The SMILES string of the molecule is COc1ccc2c(c1)c(NCCCN(C)C)nc1c3ccc(OC(C)C)cc3ccc21. The molecule has 0 radical (unpaired) electrons. The first-order valence-electron chi connectivity index (χ1n) is 10.9. The van der Waals surface area contributed by atoms with Crippen LogP contribution in [0.4, 0.5) is 5.82 Å². The third-order valence-electron chi connectivity index (χ3n) is 5.40. The van der Waals surface area contributed by atoms with Crippen molar-refractivity contribution in [2.24, 2.45) is 0 Å². The average Bonchev–Trinajstić information content (AvgIpc) is 2.75. The summed E-state index contributed by atoms with van der Waals surface area (Å²) in [5.74, 6) is 2.62. The summed E-state index contributed by atoms with van der Waals surface area (Å²) in [5, 5.41) is 9.22. The lowest BCUT2D eigenvalue weighted by atomic mass is 10.0. The molecule has 0 atom stereocenters. The fourth-order valence-corrected chi connectivity index (χ4v) is 3.96. The van der Waals surface area contributed by atoms with Crippen molar-refractivity contribution in [1.82, 2.24) is 9.88 Å². The van der Waals surface area contributed by atoms with Gasteiger partial charge in [-0.05, 0) is 88.1 Å². The quantitative estimate of drug-likeness (QED) is 0.294. The molecule has 0 unspecified atom stereocenters. The molecule has 0 aliphatic carbocycles. The Morgan fingerprint density at radius 2 is 1.65 bits per heavy atom. The van der Waals surface area contributed by atoms with E-state index in [2.05, 4.69) is 60.7 Å². The zero-order valence-corrected chi connectivity index (χ0v) is 19.0. The monoisotopic (exact) mass is 417 g/mol. The van der Waals surface area contributed by atoms with E-state index in [0.29, 0.717) is 0 Å². The number of pyridine rings is 1. The highest BCUT2D eigenvalue weighted by molar-refractivity contribution is 6.18. The van der Waals surface area contributed by atoms with Crippen molar-refractivity contribution in [1.29, 1.82) is 0 Å². The summed E-state index contributed by atoms with van der Waals surface area (Å²) in [7, 11) is 5.89. The van der Waals surface area contributed by atoms with Crippen LogP contribution in [0.3, 0.4) is 0 Å². The Morgan fingerprint density at radius 3 is 2.39 bits per heavy atom. The van der Waals surface area contributed by atoms with E-state index >= 15 is 0 Å². The van der Waals surface area contributed by atoms with Gasteiger partial charge in [0, 0.05) is 22.7 Å². The summed E-state index contributed by atoms with van der Waals surface area (Å²) in [6, 6.07) is 16.8. The highest BCUT2D eigenvalue weighted by Gasteiger charge is 2.13. The van der Waals surface area contributed by atoms with Gasteiger partial charge < -0.3 is 19.7 Å². The van der Waals surface area contributed by atoms with Crippen LogP contribution < -0.4 is 14.8 Å². The average molecular weight is 418 g/mol. The first-order chi connectivity index (χ1) is 15.0. The number of nitrogens with zero attached hydrogens (tertiary/aromatic N) is 2. The van der Waals surface area contributed by atoms with Crippen LogP contribution in [0.25, 0.3) is 32.4 Å². The van der Waals surface area contributed by atoms with Gasteiger partial charge in [-0.3, -0.25) is 0 Å². The Hall–Kier alpha value is -3.05. The fourth-order valence-electron chi connectivity index (χ4n) is 3.96. The molecular formula is C26H31N3O2. The van der Waals surface area contributed by atoms with E-state index in [4.69, 9.17) is 14.5 Å². The summed E-state index contributed by atoms with van der Waals surface area (Å²) < 4.78 is 11.4. The van der Waals surface area contributed by atoms with Crippen LogP contribution in [0.2, 0.25) is 0 Å². The number of fused-ring (bicyclic) bond motifs is 5. The van der Waals surface area contributed by atoms with Crippen molar-refractivity contribution < 1.29 is 9.47 Å². The molecule has 1 aromatic heterocycles. The van der Waals surface area contributed by atoms with Gasteiger partial charge in [-0.25, -0.2) is 4.98 Å². The molecule has 162 valence electrons. The fraction of sp³-hybridized carbons (Fsp3) is 0.346. The summed E-state index contributed by atoms with van der Waals surface area (Å²) in [6.07, 6.45) is 1.19. The molecule has 5 heteroatoms. The number of methoxy groups -OCH3 is 1. The number of hydrogen-bond donors (Lipinski definition) is 1. The molecule has 1 N–H and O–H groups in total. The van der Waals surface area contributed by atoms with Gasteiger partial charge >= 0.3 is 0 Å². The van der Waals surface area contributed by atoms with Crippen LogP contribution in [-0.2, 0) is 0 Å². The number of ether oxygens (including phenoxy) is 2.